The number of carbonyl (C=O) groups is 1. The van der Waals surface area contributed by atoms with Crippen LogP contribution in [-0.4, -0.2) is 33.2 Å². The molecule has 1 aromatic heterocycles. The van der Waals surface area contributed by atoms with E-state index >= 15 is 0 Å². The molecular formula is C4H4N6O2. The van der Waals surface area contributed by atoms with Crippen LogP contribution < -0.4 is 10.7 Å². The van der Waals surface area contributed by atoms with Gasteiger partial charge in [0.05, 0.1) is 0 Å². The van der Waals surface area contributed by atoms with Crippen molar-refractivity contribution in [3.63, 3.8) is 0 Å². The maximum absolute atomic E-state index is 10.9. The van der Waals surface area contributed by atoms with Crippen LogP contribution in [0.2, 0.25) is 0 Å². The van der Waals surface area contributed by atoms with E-state index in [9.17, 15) is 4.79 Å². The van der Waals surface area contributed by atoms with Crippen LogP contribution in [0.3, 0.4) is 0 Å². The summed E-state index contributed by atoms with van der Waals surface area (Å²) < 4.78 is 0. The first-order chi connectivity index (χ1) is 5.79. The van der Waals surface area contributed by atoms with Crippen molar-refractivity contribution in [2.45, 2.75) is 0 Å². The van der Waals surface area contributed by atoms with Crippen LogP contribution in [0.15, 0.2) is 4.99 Å². The summed E-state index contributed by atoms with van der Waals surface area (Å²) >= 11 is 0. The quantitative estimate of drug-likeness (QED) is 0.415. The fourth-order valence-corrected chi connectivity index (χ4v) is 0.504. The van der Waals surface area contributed by atoms with Gasteiger partial charge in [0.1, 0.15) is 0 Å². The van der Waals surface area contributed by atoms with Gasteiger partial charge in [-0.3, -0.25) is 4.79 Å². The van der Waals surface area contributed by atoms with Crippen LogP contribution in [0.1, 0.15) is 10.5 Å². The van der Waals surface area contributed by atoms with Crippen LogP contribution in [0, 0.1) is 0 Å². The summed E-state index contributed by atoms with van der Waals surface area (Å²) in [6, 6.07) is 0. The maximum Gasteiger partial charge on any atom is 0.302 e. The van der Waals surface area contributed by atoms with Gasteiger partial charge in [-0.05, 0) is 17.1 Å². The summed E-state index contributed by atoms with van der Waals surface area (Å²) in [5.41, 5.74) is -0.220. The molecule has 2 N–H and O–H groups in total. The van der Waals surface area contributed by atoms with Gasteiger partial charge in [-0.15, -0.1) is 5.10 Å². The molecule has 8 nitrogen and oxygen atoms in total. The van der Waals surface area contributed by atoms with Crippen molar-refractivity contribution >= 4 is 12.6 Å². The van der Waals surface area contributed by atoms with Gasteiger partial charge in [-0.2, -0.15) is 5.90 Å². The smallest absolute Gasteiger partial charge is 0.302 e. The van der Waals surface area contributed by atoms with Gasteiger partial charge in [0.25, 0.3) is 5.88 Å². The summed E-state index contributed by atoms with van der Waals surface area (Å²) in [6.45, 7) is 3.00. The predicted octanol–water partition coefficient (Wildman–Crippen LogP) is -1.64. The van der Waals surface area contributed by atoms with E-state index in [1.807, 2.05) is 0 Å². The van der Waals surface area contributed by atoms with E-state index < -0.39 is 5.91 Å². The Kier molecular flexibility index (Phi) is 2.33. The lowest BCUT2D eigenvalue weighted by atomic mass is 10.4. The Morgan fingerprint density at radius 1 is 1.50 bits per heavy atom. The van der Waals surface area contributed by atoms with Crippen LogP contribution >= 0.6 is 0 Å². The highest BCUT2D eigenvalue weighted by Gasteiger charge is 2.14. The van der Waals surface area contributed by atoms with Gasteiger partial charge in [-0.1, -0.05) is 5.10 Å². The van der Waals surface area contributed by atoms with E-state index in [-0.39, 0.29) is 11.6 Å². The zero-order valence-corrected chi connectivity index (χ0v) is 5.84. The Morgan fingerprint density at radius 3 is 2.75 bits per heavy atom. The first-order valence-electron chi connectivity index (χ1n) is 2.73. The molecule has 62 valence electrons. The molecule has 0 fully saturated rings. The summed E-state index contributed by atoms with van der Waals surface area (Å²) in [4.78, 5) is 18.1. The topological polar surface area (TPSA) is 116 Å². The molecule has 0 bridgehead atoms. The highest BCUT2D eigenvalue weighted by molar-refractivity contribution is 5.96. The van der Waals surface area contributed by atoms with E-state index in [1.165, 1.54) is 0 Å². The molecule has 0 saturated carbocycles. The molecule has 0 spiro atoms. The Morgan fingerprint density at radius 2 is 2.17 bits per heavy atom. The van der Waals surface area contributed by atoms with Crippen molar-refractivity contribution < 1.29 is 9.63 Å². The van der Waals surface area contributed by atoms with Crippen molar-refractivity contribution in [2.24, 2.45) is 10.9 Å². The van der Waals surface area contributed by atoms with Gasteiger partial charge in [0.2, 0.25) is 5.69 Å². The van der Waals surface area contributed by atoms with Crippen LogP contribution in [0.5, 0.6) is 5.88 Å². The molecule has 0 unspecified atom stereocenters. The third-order valence-corrected chi connectivity index (χ3v) is 0.981. The molecule has 1 amide bonds. The maximum atomic E-state index is 10.9. The Labute approximate surface area is 66.4 Å². The zero-order valence-electron chi connectivity index (χ0n) is 5.84. The van der Waals surface area contributed by atoms with E-state index in [2.05, 4.69) is 37.2 Å². The summed E-state index contributed by atoms with van der Waals surface area (Å²) in [6.07, 6.45) is 0. The number of aromatic nitrogens is 4. The SMILES string of the molecule is C=NC(=O)c1nnnnc1ON. The Bertz CT molecular complexity index is 312. The number of carbonyl (C=O) groups excluding carboxylic acids is 1. The number of rotatable bonds is 2. The summed E-state index contributed by atoms with van der Waals surface area (Å²) in [5, 5.41) is 12.8. The minimum atomic E-state index is -0.724. The molecule has 1 rings (SSSR count). The molecule has 0 radical (unpaired) electrons. The first kappa shape index (κ1) is 8.14. The van der Waals surface area contributed by atoms with Crippen molar-refractivity contribution in [2.75, 3.05) is 0 Å². The lowest BCUT2D eigenvalue weighted by Crippen LogP contribution is -2.13. The second-order valence-corrected chi connectivity index (χ2v) is 1.61. The second-order valence-electron chi connectivity index (χ2n) is 1.61. The van der Waals surface area contributed by atoms with E-state index in [0.717, 1.165) is 0 Å². The minimum absolute atomic E-state index is 0.220. The molecule has 0 atom stereocenters. The zero-order chi connectivity index (χ0) is 8.97. The van der Waals surface area contributed by atoms with Crippen molar-refractivity contribution in [3.8, 4) is 5.88 Å². The molecule has 12 heavy (non-hydrogen) atoms. The average Bonchev–Trinajstić information content (AvgIpc) is 2.16. The molecule has 0 aromatic carbocycles. The fraction of sp³-hybridized carbons (Fsp3) is 0. The number of hydrogen-bond acceptors (Lipinski definition) is 7. The van der Waals surface area contributed by atoms with Crippen molar-refractivity contribution in [3.05, 3.63) is 5.69 Å². The molecule has 1 heterocycles. The predicted molar refractivity (Wildman–Crippen MR) is 36.3 cm³/mol. The molecule has 0 saturated heterocycles. The first-order valence-corrected chi connectivity index (χ1v) is 2.73. The lowest BCUT2D eigenvalue weighted by molar-refractivity contribution is 0.0991. The van der Waals surface area contributed by atoms with Gasteiger partial charge >= 0.3 is 5.91 Å². The second kappa shape index (κ2) is 3.44. The Hall–Kier alpha value is -1.96. The van der Waals surface area contributed by atoms with Crippen molar-refractivity contribution in [1.82, 2.24) is 20.6 Å². The molecule has 0 aliphatic heterocycles. The van der Waals surface area contributed by atoms with Crippen LogP contribution in [0.25, 0.3) is 0 Å². The number of nitrogens with two attached hydrogens (primary N) is 1. The number of aliphatic imine (C=N–C) groups is 1. The highest BCUT2D eigenvalue weighted by atomic mass is 16.6. The third kappa shape index (κ3) is 1.37. The third-order valence-electron chi connectivity index (χ3n) is 0.981. The molecule has 8 heteroatoms. The van der Waals surface area contributed by atoms with Crippen molar-refractivity contribution in [1.29, 1.82) is 0 Å². The number of amides is 1. The van der Waals surface area contributed by atoms with Crippen LogP contribution in [0.4, 0.5) is 0 Å². The minimum Gasteiger partial charge on any atom is -0.387 e. The number of hydrogen-bond donors (Lipinski definition) is 1. The van der Waals surface area contributed by atoms with E-state index in [4.69, 9.17) is 5.90 Å². The largest absolute Gasteiger partial charge is 0.387 e. The highest BCUT2D eigenvalue weighted by Crippen LogP contribution is 2.07. The fourth-order valence-electron chi connectivity index (χ4n) is 0.504. The Balaban J connectivity index is 3.13. The van der Waals surface area contributed by atoms with Gasteiger partial charge in [-0.25, -0.2) is 4.99 Å². The normalized spacial score (nSPS) is 9.08. The molecule has 1 aromatic rings. The molecule has 0 aliphatic rings. The average molecular weight is 168 g/mol. The van der Waals surface area contributed by atoms with E-state index in [0.29, 0.717) is 0 Å². The number of nitrogens with zero attached hydrogens (tertiary/aromatic N) is 5. The van der Waals surface area contributed by atoms with Crippen LogP contribution in [-0.2, 0) is 0 Å². The van der Waals surface area contributed by atoms with Gasteiger partial charge in [0, 0.05) is 0 Å². The monoisotopic (exact) mass is 168 g/mol. The summed E-state index contributed by atoms with van der Waals surface area (Å²) in [7, 11) is 0. The summed E-state index contributed by atoms with van der Waals surface area (Å²) in [5.74, 6) is 3.80. The molecular weight excluding hydrogens is 164 g/mol. The van der Waals surface area contributed by atoms with E-state index in [1.54, 1.807) is 0 Å². The van der Waals surface area contributed by atoms with Gasteiger partial charge < -0.3 is 4.84 Å². The lowest BCUT2D eigenvalue weighted by Gasteiger charge is -1.96. The standard InChI is InChI=1S/C4H4N6O2/c1-6-3(11)2-4(12-5)8-10-9-7-2/h1,5H2. The van der Waals surface area contributed by atoms with Gasteiger partial charge in [0.15, 0.2) is 0 Å². The molecule has 0 aliphatic carbocycles.